The van der Waals surface area contributed by atoms with Gasteiger partial charge in [-0.2, -0.15) is 0 Å². The number of benzene rings is 1. The molecule has 1 aliphatic heterocycles. The van der Waals surface area contributed by atoms with E-state index in [1.807, 2.05) is 30.3 Å². The first-order valence-electron chi connectivity index (χ1n) is 4.69. The van der Waals surface area contributed by atoms with Gasteiger partial charge >= 0.3 is 5.97 Å². The molecule has 2 rings (SSSR count). The van der Waals surface area contributed by atoms with Gasteiger partial charge in [-0.05, 0) is 5.56 Å². The number of halogens is 2. The van der Waals surface area contributed by atoms with E-state index in [1.54, 1.807) is 0 Å². The second-order valence-corrected chi connectivity index (χ2v) is 5.15. The van der Waals surface area contributed by atoms with E-state index in [0.717, 1.165) is 5.56 Å². The quantitative estimate of drug-likeness (QED) is 0.604. The highest BCUT2D eigenvalue weighted by Crippen LogP contribution is 2.37. The summed E-state index contributed by atoms with van der Waals surface area (Å²) in [5, 5.41) is 0. The molecule has 4 heteroatoms. The first kappa shape index (κ1) is 10.8. The lowest BCUT2D eigenvalue weighted by Crippen LogP contribution is -2.46. The molecular formula is C11H10Cl2O2. The highest BCUT2D eigenvalue weighted by Gasteiger charge is 2.45. The summed E-state index contributed by atoms with van der Waals surface area (Å²) in [7, 11) is 0. The summed E-state index contributed by atoms with van der Waals surface area (Å²) in [4.78, 5) is 10.7. The molecule has 0 radical (unpaired) electrons. The van der Waals surface area contributed by atoms with Crippen LogP contribution >= 0.6 is 23.2 Å². The number of hydrogen-bond donors (Lipinski definition) is 0. The summed E-state index contributed by atoms with van der Waals surface area (Å²) in [5.74, 6) is -0.237. The molecule has 15 heavy (non-hydrogen) atoms. The van der Waals surface area contributed by atoms with Gasteiger partial charge in [0.1, 0.15) is 6.10 Å². The lowest BCUT2D eigenvalue weighted by Gasteiger charge is -2.35. The number of esters is 1. The summed E-state index contributed by atoms with van der Waals surface area (Å²) in [6.45, 7) is 0. The van der Waals surface area contributed by atoms with Crippen LogP contribution in [0.1, 0.15) is 12.0 Å². The van der Waals surface area contributed by atoms with Crippen molar-refractivity contribution in [2.24, 2.45) is 0 Å². The van der Waals surface area contributed by atoms with Crippen LogP contribution in [-0.4, -0.2) is 16.4 Å². The van der Waals surface area contributed by atoms with Crippen LogP contribution in [0.3, 0.4) is 0 Å². The molecule has 0 aromatic heterocycles. The molecule has 2 nitrogen and oxygen atoms in total. The standard InChI is InChI=1S/C11H10Cl2O2/c12-11(13,9-6-10(14)15-9)7-8-4-2-1-3-5-8/h1-5,9H,6-7H2/t9-/m0/s1. The van der Waals surface area contributed by atoms with Gasteiger partial charge in [-0.3, -0.25) is 4.79 Å². The van der Waals surface area contributed by atoms with E-state index < -0.39 is 4.33 Å². The second-order valence-electron chi connectivity index (χ2n) is 3.61. The number of ether oxygens (including phenoxy) is 1. The molecule has 1 heterocycles. The Kier molecular flexibility index (Phi) is 2.89. The fraction of sp³-hybridized carbons (Fsp3) is 0.364. The van der Waals surface area contributed by atoms with E-state index in [4.69, 9.17) is 27.9 Å². The molecule has 0 aliphatic carbocycles. The maximum atomic E-state index is 10.7. The van der Waals surface area contributed by atoms with Crippen LogP contribution in [-0.2, 0) is 16.0 Å². The van der Waals surface area contributed by atoms with Crippen molar-refractivity contribution in [1.29, 1.82) is 0 Å². The van der Waals surface area contributed by atoms with Gasteiger partial charge in [0.05, 0.1) is 6.42 Å². The molecule has 0 bridgehead atoms. The first-order chi connectivity index (χ1) is 7.08. The molecule has 0 spiro atoms. The summed E-state index contributed by atoms with van der Waals surface area (Å²) in [6.07, 6.45) is 0.405. The number of carbonyl (C=O) groups excluding carboxylic acids is 1. The van der Waals surface area contributed by atoms with Crippen LogP contribution in [0.2, 0.25) is 0 Å². The molecule has 0 saturated carbocycles. The lowest BCUT2D eigenvalue weighted by atomic mass is 10.0. The predicted octanol–water partition coefficient (Wildman–Crippen LogP) is 2.72. The van der Waals surface area contributed by atoms with Crippen LogP contribution in [0.5, 0.6) is 0 Å². The molecule has 1 atom stereocenters. The molecule has 1 fully saturated rings. The Hall–Kier alpha value is -0.730. The van der Waals surface area contributed by atoms with Crippen LogP contribution in [0, 0.1) is 0 Å². The summed E-state index contributed by atoms with van der Waals surface area (Å²) in [5.41, 5.74) is 1.03. The molecule has 1 saturated heterocycles. The number of hydrogen-bond acceptors (Lipinski definition) is 2. The number of alkyl halides is 2. The summed E-state index contributed by atoms with van der Waals surface area (Å²) in [6, 6.07) is 9.66. The maximum Gasteiger partial charge on any atom is 0.310 e. The predicted molar refractivity (Wildman–Crippen MR) is 59.1 cm³/mol. The van der Waals surface area contributed by atoms with Crippen molar-refractivity contribution in [3.05, 3.63) is 35.9 Å². The highest BCUT2D eigenvalue weighted by molar-refractivity contribution is 6.49. The molecule has 0 amide bonds. The molecule has 80 valence electrons. The Morgan fingerprint density at radius 1 is 1.33 bits per heavy atom. The molecule has 0 N–H and O–H groups in total. The number of cyclic esters (lactones) is 1. The largest absolute Gasteiger partial charge is 0.458 e. The SMILES string of the molecule is O=C1C[C@@H](C(Cl)(Cl)Cc2ccccc2)O1. The minimum Gasteiger partial charge on any atom is -0.458 e. The zero-order valence-electron chi connectivity index (χ0n) is 7.95. The van der Waals surface area contributed by atoms with E-state index in [9.17, 15) is 4.79 Å². The van der Waals surface area contributed by atoms with Gasteiger partial charge in [-0.15, -0.1) is 0 Å². The maximum absolute atomic E-state index is 10.7. The van der Waals surface area contributed by atoms with E-state index in [1.165, 1.54) is 0 Å². The third-order valence-electron chi connectivity index (χ3n) is 2.38. The Morgan fingerprint density at radius 3 is 2.47 bits per heavy atom. The van der Waals surface area contributed by atoms with Crippen LogP contribution in [0.4, 0.5) is 0 Å². The van der Waals surface area contributed by atoms with E-state index >= 15 is 0 Å². The molecule has 1 aromatic carbocycles. The Bertz CT molecular complexity index is 354. The van der Waals surface area contributed by atoms with Gasteiger partial charge in [0.25, 0.3) is 0 Å². The minimum atomic E-state index is -1.02. The van der Waals surface area contributed by atoms with Crippen LogP contribution < -0.4 is 0 Å². The Morgan fingerprint density at radius 2 is 1.93 bits per heavy atom. The second kappa shape index (κ2) is 4.03. The average molecular weight is 245 g/mol. The third-order valence-corrected chi connectivity index (χ3v) is 3.13. The van der Waals surface area contributed by atoms with Gasteiger partial charge in [-0.1, -0.05) is 53.5 Å². The fourth-order valence-electron chi connectivity index (χ4n) is 1.52. The third kappa shape index (κ3) is 2.44. The smallest absolute Gasteiger partial charge is 0.310 e. The van der Waals surface area contributed by atoms with E-state index in [-0.39, 0.29) is 12.1 Å². The average Bonchev–Trinajstić information content (AvgIpc) is 2.14. The molecule has 1 aliphatic rings. The minimum absolute atomic E-state index is 0.237. The fourth-order valence-corrected chi connectivity index (χ4v) is 2.07. The van der Waals surface area contributed by atoms with Crippen molar-refractivity contribution in [2.75, 3.05) is 0 Å². The molecular weight excluding hydrogens is 235 g/mol. The van der Waals surface area contributed by atoms with Gasteiger partial charge in [0, 0.05) is 6.42 Å². The number of rotatable bonds is 3. The van der Waals surface area contributed by atoms with Gasteiger partial charge in [0.15, 0.2) is 4.33 Å². The zero-order valence-corrected chi connectivity index (χ0v) is 9.46. The van der Waals surface area contributed by atoms with Gasteiger partial charge < -0.3 is 4.74 Å². The Labute approximate surface area is 98.1 Å². The monoisotopic (exact) mass is 244 g/mol. The molecule has 1 aromatic rings. The first-order valence-corrected chi connectivity index (χ1v) is 5.45. The van der Waals surface area contributed by atoms with Crippen molar-refractivity contribution in [1.82, 2.24) is 0 Å². The van der Waals surface area contributed by atoms with Crippen molar-refractivity contribution in [3.63, 3.8) is 0 Å². The normalized spacial score (nSPS) is 20.7. The van der Waals surface area contributed by atoms with Gasteiger partial charge in [0.2, 0.25) is 0 Å². The zero-order chi connectivity index (χ0) is 10.9. The summed E-state index contributed by atoms with van der Waals surface area (Å²) < 4.78 is 3.85. The summed E-state index contributed by atoms with van der Waals surface area (Å²) >= 11 is 12.3. The van der Waals surface area contributed by atoms with Crippen molar-refractivity contribution >= 4 is 29.2 Å². The lowest BCUT2D eigenvalue weighted by molar-refractivity contribution is -0.170. The van der Waals surface area contributed by atoms with Crippen LogP contribution in [0.25, 0.3) is 0 Å². The molecule has 0 unspecified atom stereocenters. The van der Waals surface area contributed by atoms with E-state index in [2.05, 4.69) is 0 Å². The highest BCUT2D eigenvalue weighted by atomic mass is 35.5. The van der Waals surface area contributed by atoms with Gasteiger partial charge in [-0.25, -0.2) is 0 Å². The van der Waals surface area contributed by atoms with E-state index in [0.29, 0.717) is 12.8 Å². The van der Waals surface area contributed by atoms with Crippen molar-refractivity contribution in [2.45, 2.75) is 23.3 Å². The number of carbonyl (C=O) groups is 1. The van der Waals surface area contributed by atoms with Crippen molar-refractivity contribution < 1.29 is 9.53 Å². The van der Waals surface area contributed by atoms with Crippen LogP contribution in [0.15, 0.2) is 30.3 Å². The topological polar surface area (TPSA) is 26.3 Å². The Balaban J connectivity index is 2.01. The van der Waals surface area contributed by atoms with Crippen molar-refractivity contribution in [3.8, 4) is 0 Å².